The van der Waals surface area contributed by atoms with Crippen molar-refractivity contribution in [1.29, 1.82) is 0 Å². The maximum absolute atomic E-state index is 13.6. The molecular formula is C31H48N4O8S2. The fourth-order valence-electron chi connectivity index (χ4n) is 6.92. The van der Waals surface area contributed by atoms with Gasteiger partial charge in [-0.3, -0.25) is 19.2 Å². The van der Waals surface area contributed by atoms with E-state index in [9.17, 15) is 28.8 Å². The van der Waals surface area contributed by atoms with Gasteiger partial charge in [-0.15, -0.1) is 23.5 Å². The number of amides is 4. The van der Waals surface area contributed by atoms with E-state index in [1.165, 1.54) is 14.2 Å². The van der Waals surface area contributed by atoms with Gasteiger partial charge in [0.1, 0.15) is 24.2 Å². The molecule has 4 fully saturated rings. The average Bonchev–Trinajstić information content (AvgIpc) is 3.30. The van der Waals surface area contributed by atoms with E-state index in [1.54, 1.807) is 33.3 Å². The molecule has 4 saturated heterocycles. The Labute approximate surface area is 274 Å². The summed E-state index contributed by atoms with van der Waals surface area (Å²) >= 11 is 3.28. The number of carbonyl (C=O) groups is 6. The van der Waals surface area contributed by atoms with Crippen LogP contribution in [0.5, 0.6) is 0 Å². The minimum absolute atomic E-state index is 0.100. The Bertz CT molecular complexity index is 1110. The molecule has 0 aromatic heterocycles. The number of fused-ring (bicyclic) bond motifs is 2. The second-order valence-corrected chi connectivity index (χ2v) is 14.8. The summed E-state index contributed by atoms with van der Waals surface area (Å²) in [6, 6.07) is -2.69. The SMILES string of the molecule is CCC[C@@H](CCCC(=O)N[C@H]1CCS[C@H]2CCC[C@@H](C(=O)OC)N2C1=O)C(=O)N[C@H]1CCS[C@H]2CCC[C@@H](C(=O)OC)N2C1=O. The molecule has 4 aliphatic heterocycles. The highest BCUT2D eigenvalue weighted by atomic mass is 32.2. The quantitative estimate of drug-likeness (QED) is 0.315. The number of esters is 2. The molecule has 252 valence electrons. The number of nitrogens with one attached hydrogen (secondary N) is 2. The predicted molar refractivity (Wildman–Crippen MR) is 171 cm³/mol. The first-order valence-corrected chi connectivity index (χ1v) is 18.4. The summed E-state index contributed by atoms with van der Waals surface area (Å²) in [5, 5.41) is 5.67. The number of hydrogen-bond acceptors (Lipinski definition) is 10. The van der Waals surface area contributed by atoms with Gasteiger partial charge in [-0.25, -0.2) is 9.59 Å². The number of carbonyl (C=O) groups excluding carboxylic acids is 6. The molecule has 14 heteroatoms. The first-order valence-electron chi connectivity index (χ1n) is 16.3. The molecule has 0 aromatic carbocycles. The van der Waals surface area contributed by atoms with Crippen molar-refractivity contribution in [3.8, 4) is 0 Å². The van der Waals surface area contributed by atoms with Crippen LogP contribution in [0, 0.1) is 5.92 Å². The van der Waals surface area contributed by atoms with Crippen LogP contribution in [0.4, 0.5) is 0 Å². The van der Waals surface area contributed by atoms with Gasteiger partial charge >= 0.3 is 11.9 Å². The van der Waals surface area contributed by atoms with Gasteiger partial charge < -0.3 is 29.9 Å². The predicted octanol–water partition coefficient (Wildman–Crippen LogP) is 2.58. The zero-order valence-electron chi connectivity index (χ0n) is 26.6. The van der Waals surface area contributed by atoms with Crippen LogP contribution in [0.15, 0.2) is 0 Å². The van der Waals surface area contributed by atoms with Gasteiger partial charge in [-0.2, -0.15) is 0 Å². The van der Waals surface area contributed by atoms with Crippen molar-refractivity contribution in [2.75, 3.05) is 25.7 Å². The Balaban J connectivity index is 1.31. The zero-order valence-corrected chi connectivity index (χ0v) is 28.3. The summed E-state index contributed by atoms with van der Waals surface area (Å²) in [4.78, 5) is 81.6. The van der Waals surface area contributed by atoms with Gasteiger partial charge in [0.15, 0.2) is 0 Å². The third kappa shape index (κ3) is 8.66. The van der Waals surface area contributed by atoms with Crippen LogP contribution in [0.2, 0.25) is 0 Å². The summed E-state index contributed by atoms with van der Waals surface area (Å²) < 4.78 is 9.94. The lowest BCUT2D eigenvalue weighted by atomic mass is 9.95. The van der Waals surface area contributed by atoms with Crippen molar-refractivity contribution < 1.29 is 38.2 Å². The van der Waals surface area contributed by atoms with Crippen LogP contribution in [-0.2, 0) is 38.2 Å². The van der Waals surface area contributed by atoms with Crippen molar-refractivity contribution in [2.24, 2.45) is 5.92 Å². The number of nitrogens with zero attached hydrogens (tertiary/aromatic N) is 2. The molecule has 2 N–H and O–H groups in total. The van der Waals surface area contributed by atoms with Gasteiger partial charge in [-0.1, -0.05) is 13.3 Å². The van der Waals surface area contributed by atoms with Gasteiger partial charge in [0.25, 0.3) is 0 Å². The molecule has 0 unspecified atom stereocenters. The van der Waals surface area contributed by atoms with E-state index in [-0.39, 0.29) is 46.7 Å². The zero-order chi connectivity index (χ0) is 32.5. The molecular weight excluding hydrogens is 620 g/mol. The fourth-order valence-corrected chi connectivity index (χ4v) is 9.70. The number of methoxy groups -OCH3 is 2. The summed E-state index contributed by atoms with van der Waals surface area (Å²) in [5.74, 6) is -0.788. The maximum atomic E-state index is 13.6. The summed E-state index contributed by atoms with van der Waals surface area (Å²) in [6.45, 7) is 1.99. The van der Waals surface area contributed by atoms with Crippen LogP contribution in [0.25, 0.3) is 0 Å². The lowest BCUT2D eigenvalue weighted by molar-refractivity contribution is -0.156. The van der Waals surface area contributed by atoms with Crippen molar-refractivity contribution in [3.63, 3.8) is 0 Å². The van der Waals surface area contributed by atoms with Crippen LogP contribution in [0.1, 0.15) is 90.4 Å². The van der Waals surface area contributed by atoms with Crippen molar-refractivity contribution in [3.05, 3.63) is 0 Å². The summed E-state index contributed by atoms with van der Waals surface area (Å²) in [5.41, 5.74) is 0. The molecule has 0 spiro atoms. The number of ether oxygens (including phenoxy) is 2. The molecule has 0 aliphatic carbocycles. The second-order valence-electron chi connectivity index (χ2n) is 12.2. The first kappa shape index (κ1) is 35.4. The normalized spacial score (nSPS) is 29.3. The van der Waals surface area contributed by atoms with Crippen LogP contribution < -0.4 is 10.6 Å². The van der Waals surface area contributed by atoms with Crippen molar-refractivity contribution >= 4 is 59.1 Å². The Morgan fingerprint density at radius 1 is 0.778 bits per heavy atom. The molecule has 12 nitrogen and oxygen atoms in total. The highest BCUT2D eigenvalue weighted by Crippen LogP contribution is 2.36. The molecule has 0 radical (unpaired) electrons. The Morgan fingerprint density at radius 2 is 1.29 bits per heavy atom. The number of hydrogen-bond donors (Lipinski definition) is 2. The topological polar surface area (TPSA) is 151 Å². The Morgan fingerprint density at radius 3 is 1.78 bits per heavy atom. The standard InChI is InChI=1S/C31H48N4O8S2/c1-4-8-19(27(37)33-21-16-18-45-26-14-7-11-23(31(41)43-3)35(26)29(21)39)9-5-12-24(36)32-20-15-17-44-25-13-6-10-22(30(40)42-2)34(25)28(20)38/h19-23,25-26H,4-18H2,1-3H3,(H,32,36)(H,33,37)/t19-,20-,21-,22-,23-,25-,26-/m0/s1. The molecule has 4 aliphatic rings. The second kappa shape index (κ2) is 16.9. The molecule has 7 atom stereocenters. The minimum Gasteiger partial charge on any atom is -0.467 e. The van der Waals surface area contributed by atoms with Crippen LogP contribution >= 0.6 is 23.5 Å². The van der Waals surface area contributed by atoms with Crippen molar-refractivity contribution in [1.82, 2.24) is 20.4 Å². The van der Waals surface area contributed by atoms with Crippen LogP contribution in [0.3, 0.4) is 0 Å². The van der Waals surface area contributed by atoms with Crippen LogP contribution in [-0.4, -0.2) is 106 Å². The lowest BCUT2D eigenvalue weighted by Gasteiger charge is -2.40. The van der Waals surface area contributed by atoms with E-state index in [2.05, 4.69) is 10.6 Å². The fraction of sp³-hybridized carbons (Fsp3) is 0.806. The molecule has 45 heavy (non-hydrogen) atoms. The van der Waals surface area contributed by atoms with E-state index in [4.69, 9.17) is 9.47 Å². The molecule has 0 saturated carbocycles. The van der Waals surface area contributed by atoms with E-state index in [0.717, 1.165) is 32.1 Å². The van der Waals surface area contributed by atoms with E-state index >= 15 is 0 Å². The van der Waals surface area contributed by atoms with Gasteiger partial charge in [0, 0.05) is 12.3 Å². The lowest BCUT2D eigenvalue weighted by Crippen LogP contribution is -2.57. The largest absolute Gasteiger partial charge is 0.467 e. The number of rotatable bonds is 11. The number of piperidine rings is 2. The monoisotopic (exact) mass is 668 g/mol. The van der Waals surface area contributed by atoms with Gasteiger partial charge in [0.05, 0.1) is 25.0 Å². The van der Waals surface area contributed by atoms with E-state index in [1.807, 2.05) is 6.92 Å². The number of thioether (sulfide) groups is 2. The molecule has 0 bridgehead atoms. The molecule has 4 rings (SSSR count). The third-order valence-electron chi connectivity index (χ3n) is 9.25. The highest BCUT2D eigenvalue weighted by Gasteiger charge is 2.45. The van der Waals surface area contributed by atoms with Crippen molar-refractivity contribution in [2.45, 2.75) is 125 Å². The smallest absolute Gasteiger partial charge is 0.328 e. The van der Waals surface area contributed by atoms with E-state index < -0.39 is 36.1 Å². The maximum Gasteiger partial charge on any atom is 0.328 e. The Kier molecular flexibility index (Phi) is 13.3. The Hall–Kier alpha value is -2.48. The third-order valence-corrected chi connectivity index (χ3v) is 11.9. The highest BCUT2D eigenvalue weighted by molar-refractivity contribution is 8.00. The average molecular weight is 669 g/mol. The molecule has 4 amide bonds. The first-order chi connectivity index (χ1) is 21.7. The van der Waals surface area contributed by atoms with Gasteiger partial charge in [-0.05, 0) is 82.1 Å². The summed E-state index contributed by atoms with van der Waals surface area (Å²) in [6.07, 6.45) is 7.81. The molecule has 4 heterocycles. The van der Waals surface area contributed by atoms with Gasteiger partial charge in [0.2, 0.25) is 23.6 Å². The minimum atomic E-state index is -0.713. The summed E-state index contributed by atoms with van der Waals surface area (Å²) in [7, 11) is 2.65. The molecule has 0 aromatic rings. The van der Waals surface area contributed by atoms with E-state index in [0.29, 0.717) is 56.5 Å².